The van der Waals surface area contributed by atoms with Crippen LogP contribution in [0.5, 0.6) is 5.75 Å². The topological polar surface area (TPSA) is 70.1 Å². The molecule has 0 bridgehead atoms. The van der Waals surface area contributed by atoms with Crippen LogP contribution in [0.3, 0.4) is 0 Å². The van der Waals surface area contributed by atoms with Crippen LogP contribution in [-0.2, 0) is 4.79 Å². The zero-order chi connectivity index (χ0) is 14.9. The molecule has 0 aliphatic heterocycles. The highest BCUT2D eigenvalue weighted by molar-refractivity contribution is 6.32. The molecule has 0 saturated heterocycles. The number of rotatable bonds is 4. The lowest BCUT2D eigenvalue weighted by Gasteiger charge is -2.14. The van der Waals surface area contributed by atoms with Crippen molar-refractivity contribution in [2.24, 2.45) is 5.73 Å². The summed E-state index contributed by atoms with van der Waals surface area (Å²) in [6.45, 7) is 1.63. The highest BCUT2D eigenvalue weighted by Gasteiger charge is 2.18. The van der Waals surface area contributed by atoms with E-state index in [4.69, 9.17) is 22.1 Å². The molecule has 0 saturated carbocycles. The van der Waals surface area contributed by atoms with E-state index in [1.807, 2.05) is 0 Å². The lowest BCUT2D eigenvalue weighted by atomic mass is 10.2. The number of halogens is 2. The van der Waals surface area contributed by atoms with Gasteiger partial charge in [-0.2, -0.15) is 0 Å². The van der Waals surface area contributed by atoms with Crippen LogP contribution >= 0.6 is 11.6 Å². The molecule has 1 aromatic heterocycles. The van der Waals surface area contributed by atoms with Gasteiger partial charge in [-0.1, -0.05) is 11.6 Å². The third-order valence-corrected chi connectivity index (χ3v) is 3.24. The third-order valence-electron chi connectivity index (χ3n) is 2.96. The van der Waals surface area contributed by atoms with Crippen LogP contribution in [0.1, 0.15) is 13.0 Å². The Bertz CT molecular complexity index is 634. The van der Waals surface area contributed by atoms with E-state index < -0.39 is 17.8 Å². The average Bonchev–Trinajstić information content (AvgIpc) is 2.86. The van der Waals surface area contributed by atoms with E-state index in [0.717, 1.165) is 0 Å². The molecule has 20 heavy (non-hydrogen) atoms. The molecule has 0 fully saturated rings. The fourth-order valence-electron chi connectivity index (χ4n) is 1.87. The van der Waals surface area contributed by atoms with Crippen molar-refractivity contribution in [1.82, 2.24) is 9.55 Å². The molecule has 0 spiro atoms. The molecule has 2 aromatic rings. The van der Waals surface area contributed by atoms with Crippen molar-refractivity contribution >= 4 is 17.5 Å². The minimum absolute atomic E-state index is 0.0310. The summed E-state index contributed by atoms with van der Waals surface area (Å²) in [4.78, 5) is 15.4. The van der Waals surface area contributed by atoms with Crippen LogP contribution in [-0.4, -0.2) is 22.6 Å². The van der Waals surface area contributed by atoms with Gasteiger partial charge < -0.3 is 15.0 Å². The van der Waals surface area contributed by atoms with E-state index >= 15 is 0 Å². The number of methoxy groups -OCH3 is 1. The predicted molar refractivity (Wildman–Crippen MR) is 73.1 cm³/mol. The number of ether oxygens (including phenoxy) is 1. The quantitative estimate of drug-likeness (QED) is 0.942. The minimum Gasteiger partial charge on any atom is -0.492 e. The molecule has 2 rings (SSSR count). The van der Waals surface area contributed by atoms with Crippen LogP contribution in [0.25, 0.3) is 11.4 Å². The lowest BCUT2D eigenvalue weighted by Crippen LogP contribution is -2.24. The first-order valence-corrected chi connectivity index (χ1v) is 6.19. The Labute approximate surface area is 120 Å². The molecule has 2 N–H and O–H groups in total. The molecule has 0 unspecified atom stereocenters. The van der Waals surface area contributed by atoms with Crippen LogP contribution in [0.4, 0.5) is 4.39 Å². The number of nitrogens with zero attached hydrogens (tertiary/aromatic N) is 2. The van der Waals surface area contributed by atoms with E-state index in [-0.39, 0.29) is 10.8 Å². The molecule has 7 heteroatoms. The number of aromatic nitrogens is 2. The predicted octanol–water partition coefficient (Wildman–Crippen LogP) is 2.40. The van der Waals surface area contributed by atoms with Crippen LogP contribution in [0, 0.1) is 5.82 Å². The number of hydrogen-bond donors (Lipinski definition) is 1. The first kappa shape index (κ1) is 14.3. The Hall–Kier alpha value is -2.08. The number of carbonyl (C=O) groups is 1. The highest BCUT2D eigenvalue weighted by Crippen LogP contribution is 2.33. The number of nitrogens with two attached hydrogens (primary N) is 1. The monoisotopic (exact) mass is 297 g/mol. The second-order valence-electron chi connectivity index (χ2n) is 4.21. The standard InChI is InChI=1S/C13H13ClFN3O2/c1-7(12(16)19)18-4-3-17-13(18)8-5-9(14)11(20-2)10(15)6-8/h3-7H,1-2H3,(H2,16,19)/t7-/m0/s1. The van der Waals surface area contributed by atoms with Gasteiger partial charge in [-0.3, -0.25) is 4.79 Å². The molecule has 0 aliphatic rings. The highest BCUT2D eigenvalue weighted by atomic mass is 35.5. The van der Waals surface area contributed by atoms with E-state index in [1.54, 1.807) is 17.7 Å². The maximum absolute atomic E-state index is 13.9. The zero-order valence-corrected chi connectivity index (χ0v) is 11.7. The number of benzene rings is 1. The fraction of sp³-hybridized carbons (Fsp3) is 0.231. The number of amides is 1. The molecule has 106 valence electrons. The number of hydrogen-bond acceptors (Lipinski definition) is 3. The van der Waals surface area contributed by atoms with Crippen molar-refractivity contribution < 1.29 is 13.9 Å². The summed E-state index contributed by atoms with van der Waals surface area (Å²) in [5.41, 5.74) is 5.71. The Kier molecular flexibility index (Phi) is 3.94. The molecular weight excluding hydrogens is 285 g/mol. The number of primary amides is 1. The Morgan fingerprint density at radius 2 is 2.25 bits per heavy atom. The van der Waals surface area contributed by atoms with Crippen molar-refractivity contribution in [2.45, 2.75) is 13.0 Å². The van der Waals surface area contributed by atoms with Gasteiger partial charge in [0.05, 0.1) is 12.1 Å². The smallest absolute Gasteiger partial charge is 0.240 e. The van der Waals surface area contributed by atoms with Crippen LogP contribution < -0.4 is 10.5 Å². The molecule has 1 aromatic carbocycles. The van der Waals surface area contributed by atoms with E-state index in [9.17, 15) is 9.18 Å². The Morgan fingerprint density at radius 1 is 1.55 bits per heavy atom. The summed E-state index contributed by atoms with van der Waals surface area (Å²) in [5.74, 6) is -0.739. The molecule has 1 amide bonds. The van der Waals surface area contributed by atoms with Gasteiger partial charge in [0.15, 0.2) is 11.6 Å². The van der Waals surface area contributed by atoms with Crippen LogP contribution in [0.15, 0.2) is 24.5 Å². The second kappa shape index (κ2) is 5.50. The third kappa shape index (κ3) is 2.46. The molecule has 0 radical (unpaired) electrons. The zero-order valence-electron chi connectivity index (χ0n) is 10.9. The van der Waals surface area contributed by atoms with Gasteiger partial charge in [-0.25, -0.2) is 9.37 Å². The van der Waals surface area contributed by atoms with Crippen molar-refractivity contribution in [2.75, 3.05) is 7.11 Å². The number of carbonyl (C=O) groups excluding carboxylic acids is 1. The summed E-state index contributed by atoms with van der Waals surface area (Å²) < 4.78 is 20.3. The second-order valence-corrected chi connectivity index (χ2v) is 4.62. The number of imidazole rings is 1. The lowest BCUT2D eigenvalue weighted by molar-refractivity contribution is -0.120. The summed E-state index contributed by atoms with van der Waals surface area (Å²) in [7, 11) is 1.33. The van der Waals surface area contributed by atoms with Gasteiger partial charge in [0.25, 0.3) is 0 Å². The molecule has 0 aliphatic carbocycles. The van der Waals surface area contributed by atoms with Crippen LogP contribution in [0.2, 0.25) is 5.02 Å². The van der Waals surface area contributed by atoms with Crippen molar-refractivity contribution in [1.29, 1.82) is 0 Å². The summed E-state index contributed by atoms with van der Waals surface area (Å²) in [6, 6.07) is 2.17. The minimum atomic E-state index is -0.601. The normalized spacial score (nSPS) is 12.2. The van der Waals surface area contributed by atoms with Crippen molar-refractivity contribution in [3.05, 3.63) is 35.4 Å². The van der Waals surface area contributed by atoms with E-state index in [0.29, 0.717) is 11.4 Å². The average molecular weight is 298 g/mol. The Balaban J connectivity index is 2.53. The van der Waals surface area contributed by atoms with Gasteiger partial charge in [0.2, 0.25) is 5.91 Å². The van der Waals surface area contributed by atoms with Gasteiger partial charge in [0.1, 0.15) is 11.9 Å². The van der Waals surface area contributed by atoms with Gasteiger partial charge in [-0.15, -0.1) is 0 Å². The molecule has 5 nitrogen and oxygen atoms in total. The summed E-state index contributed by atoms with van der Waals surface area (Å²) in [5, 5.41) is 0.128. The molecule has 1 heterocycles. The SMILES string of the molecule is COc1c(F)cc(-c2nccn2[C@@H](C)C(N)=O)cc1Cl. The first-order valence-electron chi connectivity index (χ1n) is 5.81. The summed E-state index contributed by atoms with van der Waals surface area (Å²) in [6.07, 6.45) is 3.10. The summed E-state index contributed by atoms with van der Waals surface area (Å²) >= 11 is 5.95. The maximum atomic E-state index is 13.9. The largest absolute Gasteiger partial charge is 0.492 e. The molecule has 1 atom stereocenters. The molecular formula is C13H13ClFN3O2. The fourth-order valence-corrected chi connectivity index (χ4v) is 2.16. The van der Waals surface area contributed by atoms with Crippen molar-refractivity contribution in [3.8, 4) is 17.1 Å². The van der Waals surface area contributed by atoms with Gasteiger partial charge >= 0.3 is 0 Å². The maximum Gasteiger partial charge on any atom is 0.240 e. The Morgan fingerprint density at radius 3 is 2.80 bits per heavy atom. The van der Waals surface area contributed by atoms with Gasteiger partial charge in [-0.05, 0) is 19.1 Å². The van der Waals surface area contributed by atoms with E-state index in [2.05, 4.69) is 4.98 Å². The first-order chi connectivity index (χ1) is 9.45. The van der Waals surface area contributed by atoms with Crippen molar-refractivity contribution in [3.63, 3.8) is 0 Å². The van der Waals surface area contributed by atoms with Gasteiger partial charge in [0, 0.05) is 18.0 Å². The van der Waals surface area contributed by atoms with E-state index in [1.165, 1.54) is 25.4 Å².